The summed E-state index contributed by atoms with van der Waals surface area (Å²) >= 11 is 1.51. The average molecular weight is 443 g/mol. The summed E-state index contributed by atoms with van der Waals surface area (Å²) in [5, 5.41) is 3.85. The summed E-state index contributed by atoms with van der Waals surface area (Å²) in [5.41, 5.74) is 1.70. The number of thiophene rings is 1. The highest BCUT2D eigenvalue weighted by atomic mass is 32.1. The lowest BCUT2D eigenvalue weighted by molar-refractivity contribution is -0.124. The Hall–Kier alpha value is -1.73. The first kappa shape index (κ1) is 19.9. The third-order valence-corrected chi connectivity index (χ3v) is 9.33. The molecule has 1 saturated carbocycles. The first-order chi connectivity index (χ1) is 15.1. The maximum atomic E-state index is 13.6. The molecule has 3 saturated heterocycles. The van der Waals surface area contributed by atoms with Gasteiger partial charge in [0.1, 0.15) is 5.00 Å². The summed E-state index contributed by atoms with van der Waals surface area (Å²) in [7, 11) is 0. The molecule has 1 aromatic heterocycles. The number of hydrogen-bond donors (Lipinski definition) is 1. The molecule has 2 aliphatic carbocycles. The van der Waals surface area contributed by atoms with Crippen LogP contribution in [-0.2, 0) is 27.2 Å². The van der Waals surface area contributed by atoms with Crippen molar-refractivity contribution < 1.29 is 19.1 Å². The Morgan fingerprint density at radius 1 is 0.871 bits per heavy atom. The van der Waals surface area contributed by atoms with Crippen LogP contribution >= 0.6 is 11.3 Å². The van der Waals surface area contributed by atoms with Gasteiger partial charge in [-0.2, -0.15) is 0 Å². The molecule has 2 bridgehead atoms. The SMILES string of the molecule is O=C(NC1CCCCC1)c1c(N2C(=O)[C@@H]3[C@H](C2=O)[C@@H]2CC[C@@H]3O2)sc2c1CCCCC2. The van der Waals surface area contributed by atoms with Gasteiger partial charge in [0.05, 0.1) is 29.6 Å². The van der Waals surface area contributed by atoms with E-state index in [1.54, 1.807) is 0 Å². The van der Waals surface area contributed by atoms with Crippen LogP contribution in [0.5, 0.6) is 0 Å². The molecule has 4 heterocycles. The maximum Gasteiger partial charge on any atom is 0.254 e. The monoisotopic (exact) mass is 442 g/mol. The number of imide groups is 1. The molecule has 3 amide bonds. The number of aryl methyl sites for hydroxylation is 1. The quantitative estimate of drug-likeness (QED) is 0.571. The number of nitrogens with one attached hydrogen (secondary N) is 1. The van der Waals surface area contributed by atoms with Crippen LogP contribution in [0, 0.1) is 11.8 Å². The van der Waals surface area contributed by atoms with Gasteiger partial charge in [0.15, 0.2) is 0 Å². The number of ether oxygens (including phenoxy) is 1. The van der Waals surface area contributed by atoms with Crippen molar-refractivity contribution in [1.82, 2.24) is 5.32 Å². The van der Waals surface area contributed by atoms with Crippen molar-refractivity contribution in [2.45, 2.75) is 95.3 Å². The Kier molecular flexibility index (Phi) is 4.94. The molecule has 4 atom stereocenters. The molecule has 1 N–H and O–H groups in total. The Morgan fingerprint density at radius 2 is 1.52 bits per heavy atom. The van der Waals surface area contributed by atoms with Gasteiger partial charge in [0.2, 0.25) is 11.8 Å². The molecule has 6 nitrogen and oxygen atoms in total. The molecular weight excluding hydrogens is 412 g/mol. The van der Waals surface area contributed by atoms with E-state index in [2.05, 4.69) is 5.32 Å². The van der Waals surface area contributed by atoms with Crippen molar-refractivity contribution in [3.63, 3.8) is 0 Å². The number of fused-ring (bicyclic) bond motifs is 6. The molecule has 6 rings (SSSR count). The van der Waals surface area contributed by atoms with Crippen LogP contribution in [0.2, 0.25) is 0 Å². The minimum absolute atomic E-state index is 0.0850. The lowest BCUT2D eigenvalue weighted by Gasteiger charge is -2.24. The predicted octanol–water partition coefficient (Wildman–Crippen LogP) is 3.75. The van der Waals surface area contributed by atoms with Crippen molar-refractivity contribution in [2.24, 2.45) is 11.8 Å². The molecule has 4 fully saturated rings. The van der Waals surface area contributed by atoms with E-state index in [1.807, 2.05) is 0 Å². The van der Waals surface area contributed by atoms with E-state index in [1.165, 1.54) is 27.5 Å². The van der Waals surface area contributed by atoms with Gasteiger partial charge in [-0.3, -0.25) is 14.4 Å². The highest BCUT2D eigenvalue weighted by molar-refractivity contribution is 7.17. The molecule has 7 heteroatoms. The molecule has 1 aromatic rings. The van der Waals surface area contributed by atoms with Gasteiger partial charge in [-0.1, -0.05) is 25.7 Å². The first-order valence-corrected chi connectivity index (χ1v) is 12.9. The third kappa shape index (κ3) is 3.10. The van der Waals surface area contributed by atoms with Crippen LogP contribution < -0.4 is 10.2 Å². The summed E-state index contributed by atoms with van der Waals surface area (Å²) in [6, 6.07) is 0.198. The van der Waals surface area contributed by atoms with Crippen LogP contribution in [0.25, 0.3) is 0 Å². The number of nitrogens with zero attached hydrogens (tertiary/aromatic N) is 1. The zero-order valence-corrected chi connectivity index (χ0v) is 18.7. The Bertz CT molecular complexity index is 906. The molecule has 5 aliphatic rings. The molecular formula is C24H30N2O4S. The first-order valence-electron chi connectivity index (χ1n) is 12.1. The van der Waals surface area contributed by atoms with Crippen molar-refractivity contribution in [1.29, 1.82) is 0 Å². The van der Waals surface area contributed by atoms with Crippen LogP contribution in [0.4, 0.5) is 5.00 Å². The molecule has 166 valence electrons. The molecule has 31 heavy (non-hydrogen) atoms. The average Bonchev–Trinajstić information content (AvgIpc) is 3.48. The van der Waals surface area contributed by atoms with Gasteiger partial charge < -0.3 is 10.1 Å². The number of anilines is 1. The van der Waals surface area contributed by atoms with Crippen molar-refractivity contribution in [3.8, 4) is 0 Å². The summed E-state index contributed by atoms with van der Waals surface area (Å²) in [5.74, 6) is -1.10. The molecule has 0 spiro atoms. The lowest BCUT2D eigenvalue weighted by Crippen LogP contribution is -2.39. The number of carbonyl (C=O) groups excluding carboxylic acids is 3. The fourth-order valence-electron chi connectivity index (χ4n) is 6.54. The number of amides is 3. The van der Waals surface area contributed by atoms with E-state index in [0.717, 1.165) is 76.2 Å². The van der Waals surface area contributed by atoms with E-state index in [4.69, 9.17) is 4.74 Å². The molecule has 0 aromatic carbocycles. The smallest absolute Gasteiger partial charge is 0.254 e. The van der Waals surface area contributed by atoms with Crippen LogP contribution in [0.3, 0.4) is 0 Å². The zero-order valence-electron chi connectivity index (χ0n) is 17.9. The Labute approximate surface area is 186 Å². The Balaban J connectivity index is 1.38. The van der Waals surface area contributed by atoms with E-state index in [-0.39, 0.29) is 47.8 Å². The zero-order chi connectivity index (χ0) is 21.1. The largest absolute Gasteiger partial charge is 0.373 e. The van der Waals surface area contributed by atoms with Gasteiger partial charge >= 0.3 is 0 Å². The topological polar surface area (TPSA) is 75.7 Å². The minimum Gasteiger partial charge on any atom is -0.373 e. The second kappa shape index (κ2) is 7.69. The molecule has 3 aliphatic heterocycles. The second-order valence-electron chi connectivity index (χ2n) is 9.91. The maximum absolute atomic E-state index is 13.6. The number of hydrogen-bond acceptors (Lipinski definition) is 5. The number of rotatable bonds is 3. The lowest BCUT2D eigenvalue weighted by atomic mass is 9.81. The van der Waals surface area contributed by atoms with E-state index in [0.29, 0.717) is 10.6 Å². The number of carbonyl (C=O) groups is 3. The van der Waals surface area contributed by atoms with Crippen molar-refractivity contribution >= 4 is 34.1 Å². The predicted molar refractivity (Wildman–Crippen MR) is 117 cm³/mol. The fourth-order valence-corrected chi connectivity index (χ4v) is 7.93. The van der Waals surface area contributed by atoms with E-state index < -0.39 is 0 Å². The van der Waals surface area contributed by atoms with Gasteiger partial charge in [-0.15, -0.1) is 11.3 Å². The third-order valence-electron chi connectivity index (χ3n) is 8.06. The van der Waals surface area contributed by atoms with Crippen LogP contribution in [-0.4, -0.2) is 36.0 Å². The molecule has 0 radical (unpaired) electrons. The standard InChI is InChI=1S/C24H30N2O4S/c27-21(25-13-7-3-1-4-8-13)18-14-9-5-2-6-10-17(14)31-24(18)26-22(28)19-15-11-12-16(30-15)20(19)23(26)29/h13,15-16,19-20H,1-12H2,(H,25,27)/t15-,16-,19-,20+/m0/s1. The second-order valence-corrected chi connectivity index (χ2v) is 11.0. The van der Waals surface area contributed by atoms with Crippen molar-refractivity contribution in [2.75, 3.05) is 4.90 Å². The Morgan fingerprint density at radius 3 is 2.23 bits per heavy atom. The molecule has 0 unspecified atom stereocenters. The summed E-state index contributed by atoms with van der Waals surface area (Å²) in [6.45, 7) is 0. The van der Waals surface area contributed by atoms with Gasteiger partial charge in [0.25, 0.3) is 5.91 Å². The summed E-state index contributed by atoms with van der Waals surface area (Å²) in [4.78, 5) is 43.0. The van der Waals surface area contributed by atoms with Gasteiger partial charge in [-0.05, 0) is 56.9 Å². The van der Waals surface area contributed by atoms with Crippen LogP contribution in [0.1, 0.15) is 85.0 Å². The van der Waals surface area contributed by atoms with Gasteiger partial charge in [-0.25, -0.2) is 4.90 Å². The summed E-state index contributed by atoms with van der Waals surface area (Å²) < 4.78 is 5.90. The van der Waals surface area contributed by atoms with Crippen LogP contribution in [0.15, 0.2) is 0 Å². The summed E-state index contributed by atoms with van der Waals surface area (Å²) in [6.07, 6.45) is 12.1. The van der Waals surface area contributed by atoms with Crippen molar-refractivity contribution in [3.05, 3.63) is 16.0 Å². The van der Waals surface area contributed by atoms with E-state index in [9.17, 15) is 14.4 Å². The van der Waals surface area contributed by atoms with E-state index >= 15 is 0 Å². The minimum atomic E-state index is -0.359. The fraction of sp³-hybridized carbons (Fsp3) is 0.708. The highest BCUT2D eigenvalue weighted by Crippen LogP contribution is 2.51. The highest BCUT2D eigenvalue weighted by Gasteiger charge is 2.63. The van der Waals surface area contributed by atoms with Gasteiger partial charge in [0, 0.05) is 10.9 Å². The normalized spacial score (nSPS) is 32.8.